The zero-order chi connectivity index (χ0) is 23.3. The van der Waals surface area contributed by atoms with Crippen LogP contribution in [0.15, 0.2) is 35.7 Å². The Morgan fingerprint density at radius 1 is 1.16 bits per heavy atom. The topological polar surface area (TPSA) is 49.9 Å². The van der Waals surface area contributed by atoms with E-state index in [9.17, 15) is 9.59 Å². The van der Waals surface area contributed by atoms with Crippen molar-refractivity contribution in [2.45, 2.75) is 71.9 Å². The molecule has 32 heavy (non-hydrogen) atoms. The van der Waals surface area contributed by atoms with E-state index in [-0.39, 0.29) is 30.4 Å². The third-order valence-corrected chi connectivity index (χ3v) is 7.42. The maximum Gasteiger partial charge on any atom is 0.242 e. The van der Waals surface area contributed by atoms with Crippen molar-refractivity contribution in [2.24, 2.45) is 0 Å². The fourth-order valence-corrected chi connectivity index (χ4v) is 5.08. The number of carbonyl (C=O) groups is 2. The summed E-state index contributed by atoms with van der Waals surface area (Å²) in [4.78, 5) is 30.9. The van der Waals surface area contributed by atoms with E-state index in [0.29, 0.717) is 25.5 Å². The Bertz CT molecular complexity index is 906. The summed E-state index contributed by atoms with van der Waals surface area (Å²) < 4.78 is 6.16. The predicted octanol–water partition coefficient (Wildman–Crippen LogP) is 5.41. The van der Waals surface area contributed by atoms with E-state index in [1.807, 2.05) is 37.8 Å². The average Bonchev–Trinajstić information content (AvgIpc) is 3.29. The number of fused-ring (bicyclic) bond motifs is 1. The Morgan fingerprint density at radius 2 is 1.88 bits per heavy atom. The van der Waals surface area contributed by atoms with Crippen molar-refractivity contribution in [3.05, 3.63) is 51.7 Å². The van der Waals surface area contributed by atoms with Gasteiger partial charge in [-0.25, -0.2) is 0 Å². The minimum Gasteiger partial charge on any atom is -0.491 e. The molecule has 0 saturated heterocycles. The minimum atomic E-state index is -0.141. The molecule has 0 saturated carbocycles. The smallest absolute Gasteiger partial charge is 0.242 e. The molecular weight excluding hydrogens is 420 g/mol. The molecule has 3 rings (SSSR count). The van der Waals surface area contributed by atoms with Crippen LogP contribution in [0.1, 0.15) is 75.4 Å². The first-order chi connectivity index (χ1) is 15.3. The Morgan fingerprint density at radius 3 is 2.50 bits per heavy atom. The molecule has 0 radical (unpaired) electrons. The summed E-state index contributed by atoms with van der Waals surface area (Å²) in [5, 5.41) is 2.09. The van der Waals surface area contributed by atoms with E-state index in [2.05, 4.69) is 37.4 Å². The quantitative estimate of drug-likeness (QED) is 0.507. The summed E-state index contributed by atoms with van der Waals surface area (Å²) in [6.07, 6.45) is 2.08. The van der Waals surface area contributed by atoms with Gasteiger partial charge in [0.15, 0.2) is 0 Å². The highest BCUT2D eigenvalue weighted by molar-refractivity contribution is 7.10. The van der Waals surface area contributed by atoms with Crippen molar-refractivity contribution >= 4 is 23.2 Å². The number of thiophene rings is 1. The molecule has 6 heteroatoms. The molecule has 1 aromatic carbocycles. The van der Waals surface area contributed by atoms with Gasteiger partial charge in [-0.3, -0.25) is 9.59 Å². The standard InChI is InChI=1S/C26H36N2O3S/c1-6-19(5)28(25(29)7-2)16-26(30)27-14-12-24-22(13-15-32-24)23(27)17-31-21-10-8-20(9-11-21)18(3)4/h8-11,13,15,18-19,23H,6-7,12,14,16-17H2,1-5H3/t19-,23-/m0/s1. The van der Waals surface area contributed by atoms with Crippen molar-refractivity contribution in [1.82, 2.24) is 9.80 Å². The number of nitrogens with zero attached hydrogens (tertiary/aromatic N) is 2. The number of hydrogen-bond acceptors (Lipinski definition) is 4. The van der Waals surface area contributed by atoms with Crippen molar-refractivity contribution < 1.29 is 14.3 Å². The first-order valence-electron chi connectivity index (χ1n) is 11.7. The molecule has 0 spiro atoms. The molecular formula is C26H36N2O3S. The van der Waals surface area contributed by atoms with Crippen LogP contribution in [0.3, 0.4) is 0 Å². The molecule has 1 aliphatic heterocycles. The zero-order valence-electron chi connectivity index (χ0n) is 20.0. The zero-order valence-corrected chi connectivity index (χ0v) is 20.8. The molecule has 1 aliphatic rings. The van der Waals surface area contributed by atoms with Gasteiger partial charge in [0.25, 0.3) is 0 Å². The summed E-state index contributed by atoms with van der Waals surface area (Å²) >= 11 is 1.74. The van der Waals surface area contributed by atoms with Gasteiger partial charge in [0.2, 0.25) is 11.8 Å². The second-order valence-electron chi connectivity index (χ2n) is 8.82. The minimum absolute atomic E-state index is 0.00675. The lowest BCUT2D eigenvalue weighted by atomic mass is 10.00. The predicted molar refractivity (Wildman–Crippen MR) is 130 cm³/mol. The number of amides is 2. The van der Waals surface area contributed by atoms with Gasteiger partial charge in [-0.1, -0.05) is 39.8 Å². The molecule has 2 amide bonds. The maximum atomic E-state index is 13.4. The molecule has 2 aromatic rings. The van der Waals surface area contributed by atoms with E-state index in [1.165, 1.54) is 16.0 Å². The van der Waals surface area contributed by atoms with E-state index in [1.54, 1.807) is 16.2 Å². The molecule has 0 fully saturated rings. The Labute approximate surface area is 196 Å². The van der Waals surface area contributed by atoms with Crippen LogP contribution in [0.2, 0.25) is 0 Å². The number of carbonyl (C=O) groups excluding carboxylic acids is 2. The molecule has 2 heterocycles. The largest absolute Gasteiger partial charge is 0.491 e. The van der Waals surface area contributed by atoms with Gasteiger partial charge in [0.05, 0.1) is 6.04 Å². The summed E-state index contributed by atoms with van der Waals surface area (Å²) in [6, 6.07) is 10.2. The highest BCUT2D eigenvalue weighted by atomic mass is 32.1. The van der Waals surface area contributed by atoms with Gasteiger partial charge < -0.3 is 14.5 Å². The van der Waals surface area contributed by atoms with E-state index < -0.39 is 0 Å². The lowest BCUT2D eigenvalue weighted by molar-refractivity contribution is -0.144. The first-order valence-corrected chi connectivity index (χ1v) is 12.6. The number of ether oxygens (including phenoxy) is 1. The third-order valence-electron chi connectivity index (χ3n) is 6.42. The van der Waals surface area contributed by atoms with Crippen LogP contribution in [0.4, 0.5) is 0 Å². The van der Waals surface area contributed by atoms with Crippen molar-refractivity contribution in [2.75, 3.05) is 19.7 Å². The first kappa shape index (κ1) is 24.3. The summed E-state index contributed by atoms with van der Waals surface area (Å²) in [6.45, 7) is 11.4. The lowest BCUT2D eigenvalue weighted by Crippen LogP contribution is -2.49. The monoisotopic (exact) mass is 456 g/mol. The van der Waals surface area contributed by atoms with Crippen LogP contribution >= 0.6 is 11.3 Å². The van der Waals surface area contributed by atoms with Gasteiger partial charge in [-0.15, -0.1) is 11.3 Å². The molecule has 0 N–H and O–H groups in total. The lowest BCUT2D eigenvalue weighted by Gasteiger charge is -2.38. The maximum absolute atomic E-state index is 13.4. The van der Waals surface area contributed by atoms with Gasteiger partial charge >= 0.3 is 0 Å². The van der Waals surface area contributed by atoms with E-state index in [4.69, 9.17) is 4.74 Å². The van der Waals surface area contributed by atoms with Crippen LogP contribution in [0, 0.1) is 0 Å². The van der Waals surface area contributed by atoms with Crippen molar-refractivity contribution in [1.29, 1.82) is 0 Å². The van der Waals surface area contributed by atoms with Crippen LogP contribution in [-0.4, -0.2) is 47.4 Å². The Kier molecular flexibility index (Phi) is 8.35. The molecule has 5 nitrogen and oxygen atoms in total. The fraction of sp³-hybridized carbons (Fsp3) is 0.538. The summed E-state index contributed by atoms with van der Waals surface area (Å²) in [5.41, 5.74) is 2.45. The van der Waals surface area contributed by atoms with Gasteiger partial charge in [0.1, 0.15) is 18.9 Å². The highest BCUT2D eigenvalue weighted by Crippen LogP contribution is 2.34. The molecule has 0 aliphatic carbocycles. The molecule has 0 bridgehead atoms. The van der Waals surface area contributed by atoms with E-state index >= 15 is 0 Å². The molecule has 174 valence electrons. The summed E-state index contributed by atoms with van der Waals surface area (Å²) in [7, 11) is 0. The number of rotatable bonds is 9. The molecule has 0 unspecified atom stereocenters. The highest BCUT2D eigenvalue weighted by Gasteiger charge is 2.34. The SMILES string of the molecule is CCC(=O)N(CC(=O)N1CCc2sccc2[C@@H]1COc1ccc(C(C)C)cc1)[C@@H](C)CC. The van der Waals surface area contributed by atoms with Crippen LogP contribution < -0.4 is 4.74 Å². The third kappa shape index (κ3) is 5.52. The number of benzene rings is 1. The Hall–Kier alpha value is -2.34. The van der Waals surface area contributed by atoms with Crippen LogP contribution in [-0.2, 0) is 16.0 Å². The molecule has 1 aromatic heterocycles. The van der Waals surface area contributed by atoms with Gasteiger partial charge in [-0.05, 0) is 60.4 Å². The van der Waals surface area contributed by atoms with Gasteiger partial charge in [0, 0.05) is 23.9 Å². The second kappa shape index (κ2) is 11.0. The molecule has 2 atom stereocenters. The fourth-order valence-electron chi connectivity index (χ4n) is 4.15. The number of hydrogen-bond donors (Lipinski definition) is 0. The van der Waals surface area contributed by atoms with E-state index in [0.717, 1.165) is 18.6 Å². The van der Waals surface area contributed by atoms with Crippen molar-refractivity contribution in [3.8, 4) is 5.75 Å². The Balaban J connectivity index is 1.76. The van der Waals surface area contributed by atoms with Crippen LogP contribution in [0.25, 0.3) is 0 Å². The second-order valence-corrected chi connectivity index (χ2v) is 9.82. The summed E-state index contributed by atoms with van der Waals surface area (Å²) in [5.74, 6) is 1.31. The average molecular weight is 457 g/mol. The van der Waals surface area contributed by atoms with Crippen LogP contribution in [0.5, 0.6) is 5.75 Å². The normalized spacial score (nSPS) is 16.6. The van der Waals surface area contributed by atoms with Crippen molar-refractivity contribution in [3.63, 3.8) is 0 Å². The van der Waals surface area contributed by atoms with Gasteiger partial charge in [-0.2, -0.15) is 0 Å².